The van der Waals surface area contributed by atoms with Gasteiger partial charge in [0.25, 0.3) is 0 Å². The van der Waals surface area contributed by atoms with E-state index in [4.69, 9.17) is 17.3 Å². The van der Waals surface area contributed by atoms with E-state index in [9.17, 15) is 26.3 Å². The number of aromatic nitrogens is 2. The molecule has 0 amide bonds. The summed E-state index contributed by atoms with van der Waals surface area (Å²) in [6.07, 6.45) is -10.1. The number of alkyl halides is 6. The molecule has 1 unspecified atom stereocenters. The normalized spacial score (nSPS) is 15.1. The van der Waals surface area contributed by atoms with E-state index >= 15 is 0 Å². The van der Waals surface area contributed by atoms with E-state index in [1.165, 1.54) is 6.92 Å². The van der Waals surface area contributed by atoms with Crippen LogP contribution in [0.25, 0.3) is 0 Å². The first-order chi connectivity index (χ1) is 8.50. The zero-order chi connectivity index (χ0) is 15.0. The minimum Gasteiger partial charge on any atom is -0.322 e. The summed E-state index contributed by atoms with van der Waals surface area (Å²) in [7, 11) is 0. The molecule has 10 heteroatoms. The summed E-state index contributed by atoms with van der Waals surface area (Å²) in [6.45, 7) is 1.55. The Labute approximate surface area is 109 Å². The van der Waals surface area contributed by atoms with Crippen molar-refractivity contribution >= 4 is 11.6 Å². The van der Waals surface area contributed by atoms with Crippen LogP contribution in [0.1, 0.15) is 18.7 Å². The number of aryl methyl sites for hydroxylation is 1. The van der Waals surface area contributed by atoms with Gasteiger partial charge >= 0.3 is 12.4 Å². The van der Waals surface area contributed by atoms with Crippen molar-refractivity contribution in [3.8, 4) is 0 Å². The molecule has 0 fully saturated rings. The fourth-order valence-electron chi connectivity index (χ4n) is 1.71. The fourth-order valence-corrected chi connectivity index (χ4v) is 1.97. The molecule has 1 rings (SSSR count). The van der Waals surface area contributed by atoms with Gasteiger partial charge in [-0.3, -0.25) is 4.68 Å². The SMILES string of the molecule is CCn1ncc(Cl)c1C(N)C(C(F)(F)F)C(F)(F)F. The number of rotatable bonds is 3. The summed E-state index contributed by atoms with van der Waals surface area (Å²) in [5.41, 5.74) is 4.67. The van der Waals surface area contributed by atoms with Crippen LogP contribution in [0.5, 0.6) is 0 Å². The Bertz CT molecular complexity index is 424. The minimum atomic E-state index is -5.52. The first-order valence-corrected chi connectivity index (χ1v) is 5.48. The highest BCUT2D eigenvalue weighted by molar-refractivity contribution is 6.31. The fraction of sp³-hybridized carbons (Fsp3) is 0.667. The van der Waals surface area contributed by atoms with Gasteiger partial charge in [0.1, 0.15) is 0 Å². The number of hydrogen-bond donors (Lipinski definition) is 1. The predicted molar refractivity (Wildman–Crippen MR) is 55.4 cm³/mol. The summed E-state index contributed by atoms with van der Waals surface area (Å²) < 4.78 is 76.2. The molecule has 0 saturated heterocycles. The summed E-state index contributed by atoms with van der Waals surface area (Å²) >= 11 is 5.56. The second kappa shape index (κ2) is 5.20. The largest absolute Gasteiger partial charge is 0.402 e. The minimum absolute atomic E-state index is 0.0538. The summed E-state index contributed by atoms with van der Waals surface area (Å²) in [6, 6.07) is -2.37. The maximum Gasteiger partial charge on any atom is 0.402 e. The van der Waals surface area contributed by atoms with Crippen LogP contribution in [0.15, 0.2) is 6.20 Å². The lowest BCUT2D eigenvalue weighted by Gasteiger charge is -2.28. The maximum absolute atomic E-state index is 12.6. The van der Waals surface area contributed by atoms with Crippen molar-refractivity contribution in [2.45, 2.75) is 31.9 Å². The highest BCUT2D eigenvalue weighted by Crippen LogP contribution is 2.46. The van der Waals surface area contributed by atoms with Gasteiger partial charge in [-0.1, -0.05) is 11.6 Å². The van der Waals surface area contributed by atoms with E-state index in [2.05, 4.69) is 5.10 Å². The van der Waals surface area contributed by atoms with E-state index in [-0.39, 0.29) is 11.6 Å². The van der Waals surface area contributed by atoms with Crippen LogP contribution in [0.2, 0.25) is 5.02 Å². The Balaban J connectivity index is 3.28. The average Bonchev–Trinajstić information content (AvgIpc) is 2.54. The van der Waals surface area contributed by atoms with Crippen molar-refractivity contribution in [3.63, 3.8) is 0 Å². The third-order valence-corrected chi connectivity index (χ3v) is 2.80. The molecule has 110 valence electrons. The lowest BCUT2D eigenvalue weighted by Crippen LogP contribution is -2.44. The standard InChI is InChI=1S/C9H10ClF6N3/c1-2-19-6(4(10)3-18-19)5(17)7(8(11,12)13)9(14,15)16/h3,5,7H,2,17H2,1H3. The molecule has 1 aromatic heterocycles. The number of nitrogens with two attached hydrogens (primary N) is 1. The topological polar surface area (TPSA) is 43.8 Å². The molecular formula is C9H10ClF6N3. The number of halogens is 7. The van der Waals surface area contributed by atoms with Gasteiger partial charge in [-0.15, -0.1) is 0 Å². The zero-order valence-corrected chi connectivity index (χ0v) is 10.3. The van der Waals surface area contributed by atoms with Gasteiger partial charge < -0.3 is 5.73 Å². The maximum atomic E-state index is 12.6. The van der Waals surface area contributed by atoms with Crippen molar-refractivity contribution in [1.29, 1.82) is 0 Å². The van der Waals surface area contributed by atoms with E-state index in [0.29, 0.717) is 0 Å². The van der Waals surface area contributed by atoms with Crippen LogP contribution in [-0.4, -0.2) is 22.1 Å². The van der Waals surface area contributed by atoms with E-state index in [1.54, 1.807) is 0 Å². The van der Waals surface area contributed by atoms with Gasteiger partial charge in [0.2, 0.25) is 0 Å². The molecule has 1 aromatic rings. The first-order valence-electron chi connectivity index (χ1n) is 5.10. The third kappa shape index (κ3) is 3.33. The van der Waals surface area contributed by atoms with E-state index in [0.717, 1.165) is 10.9 Å². The summed E-state index contributed by atoms with van der Waals surface area (Å²) in [5.74, 6) is -3.69. The molecule has 0 bridgehead atoms. The highest BCUT2D eigenvalue weighted by Gasteiger charge is 2.60. The first kappa shape index (κ1) is 16.1. The molecule has 1 atom stereocenters. The van der Waals surface area contributed by atoms with Crippen LogP contribution >= 0.6 is 11.6 Å². The van der Waals surface area contributed by atoms with Gasteiger partial charge in [0, 0.05) is 6.54 Å². The van der Waals surface area contributed by atoms with Crippen LogP contribution in [0.4, 0.5) is 26.3 Å². The lowest BCUT2D eigenvalue weighted by atomic mass is 9.96. The van der Waals surface area contributed by atoms with Gasteiger partial charge in [-0.25, -0.2) is 0 Å². The van der Waals surface area contributed by atoms with Gasteiger partial charge in [-0.05, 0) is 6.92 Å². The van der Waals surface area contributed by atoms with Crippen molar-refractivity contribution in [1.82, 2.24) is 9.78 Å². The molecule has 19 heavy (non-hydrogen) atoms. The summed E-state index contributed by atoms with van der Waals surface area (Å²) in [4.78, 5) is 0. The van der Waals surface area contributed by atoms with Crippen LogP contribution in [0, 0.1) is 5.92 Å². The Hall–Kier alpha value is -0.960. The van der Waals surface area contributed by atoms with Crippen LogP contribution in [0.3, 0.4) is 0 Å². The lowest BCUT2D eigenvalue weighted by molar-refractivity contribution is -0.290. The number of nitrogens with zero attached hydrogens (tertiary/aromatic N) is 2. The Kier molecular flexibility index (Phi) is 4.40. The molecule has 0 aliphatic carbocycles. The molecule has 0 saturated carbocycles. The smallest absolute Gasteiger partial charge is 0.322 e. The molecule has 1 heterocycles. The Morgan fingerprint density at radius 2 is 1.74 bits per heavy atom. The summed E-state index contributed by atoms with van der Waals surface area (Å²) in [5, 5.41) is 3.25. The van der Waals surface area contributed by atoms with Crippen molar-refractivity contribution in [2.24, 2.45) is 11.7 Å². The Morgan fingerprint density at radius 3 is 2.11 bits per heavy atom. The molecule has 0 spiro atoms. The number of hydrogen-bond acceptors (Lipinski definition) is 2. The third-order valence-electron chi connectivity index (χ3n) is 2.51. The molecule has 3 nitrogen and oxygen atoms in total. The van der Waals surface area contributed by atoms with Crippen molar-refractivity contribution in [3.05, 3.63) is 16.9 Å². The monoisotopic (exact) mass is 309 g/mol. The second-order valence-electron chi connectivity index (χ2n) is 3.78. The molecule has 0 aliphatic heterocycles. The average molecular weight is 310 g/mol. The second-order valence-corrected chi connectivity index (χ2v) is 4.19. The molecular weight excluding hydrogens is 300 g/mol. The van der Waals surface area contributed by atoms with Crippen LogP contribution in [-0.2, 0) is 6.54 Å². The van der Waals surface area contributed by atoms with Crippen molar-refractivity contribution < 1.29 is 26.3 Å². The van der Waals surface area contributed by atoms with E-state index in [1.807, 2.05) is 0 Å². The van der Waals surface area contributed by atoms with Crippen molar-refractivity contribution in [2.75, 3.05) is 0 Å². The molecule has 2 N–H and O–H groups in total. The highest BCUT2D eigenvalue weighted by atomic mass is 35.5. The van der Waals surface area contributed by atoms with E-state index < -0.39 is 30.0 Å². The van der Waals surface area contributed by atoms with Gasteiger partial charge in [-0.2, -0.15) is 31.4 Å². The molecule has 0 aliphatic rings. The molecule has 0 radical (unpaired) electrons. The van der Waals surface area contributed by atoms with Gasteiger partial charge in [0.05, 0.1) is 23.0 Å². The predicted octanol–water partition coefficient (Wildman–Crippen LogP) is 3.30. The quantitative estimate of drug-likeness (QED) is 0.871. The zero-order valence-electron chi connectivity index (χ0n) is 9.56. The van der Waals surface area contributed by atoms with Gasteiger partial charge in [0.15, 0.2) is 5.92 Å². The van der Waals surface area contributed by atoms with Crippen LogP contribution < -0.4 is 5.73 Å². The Morgan fingerprint density at radius 1 is 1.26 bits per heavy atom. The molecule has 0 aromatic carbocycles.